The molecule has 0 unspecified atom stereocenters. The predicted octanol–water partition coefficient (Wildman–Crippen LogP) is 1.92. The molecule has 0 fully saturated rings. The van der Waals surface area contributed by atoms with Gasteiger partial charge in [-0.1, -0.05) is 0 Å². The molecule has 0 amide bonds. The third-order valence-corrected chi connectivity index (χ3v) is 2.22. The van der Waals surface area contributed by atoms with Crippen LogP contribution in [0.1, 0.15) is 0 Å². The van der Waals surface area contributed by atoms with Gasteiger partial charge in [-0.25, -0.2) is 9.59 Å². The van der Waals surface area contributed by atoms with Crippen LogP contribution in [0.4, 0.5) is 9.59 Å². The van der Waals surface area contributed by atoms with Gasteiger partial charge < -0.3 is 9.47 Å². The molecule has 7 heteroatoms. The van der Waals surface area contributed by atoms with E-state index in [0.29, 0.717) is 23.5 Å². The normalized spacial score (nSPS) is 8.83. The second-order valence-corrected chi connectivity index (χ2v) is 3.55. The summed E-state index contributed by atoms with van der Waals surface area (Å²) in [5, 5.41) is 5.82. The first-order valence-corrected chi connectivity index (χ1v) is 4.33. The van der Waals surface area contributed by atoms with Gasteiger partial charge in [-0.05, 0) is 0 Å². The van der Waals surface area contributed by atoms with Gasteiger partial charge in [0.15, 0.2) is 0 Å². The molecule has 0 heterocycles. The largest absolute Gasteiger partial charge is 0.461 e. The summed E-state index contributed by atoms with van der Waals surface area (Å²) in [5.74, 6) is 0. The van der Waals surface area contributed by atoms with E-state index in [-0.39, 0.29) is 4.38 Å². The van der Waals surface area contributed by atoms with Crippen LogP contribution in [0.3, 0.4) is 0 Å². The molecule has 0 aromatic rings. The third-order valence-electron chi connectivity index (χ3n) is 0.685. The Labute approximate surface area is 77.7 Å². The van der Waals surface area contributed by atoms with Crippen LogP contribution in [0, 0.1) is 5.41 Å². The Bertz CT molecular complexity index is 186. The molecule has 5 nitrogen and oxygen atoms in total. The molecule has 0 rings (SSSR count). The average Bonchev–Trinajstić information content (AvgIpc) is 2.03. The van der Waals surface area contributed by atoms with Crippen molar-refractivity contribution < 1.29 is 19.1 Å². The smallest absolute Gasteiger partial charge is 0.373 e. The van der Waals surface area contributed by atoms with E-state index in [1.807, 2.05) is 0 Å². The van der Waals surface area contributed by atoms with Crippen LogP contribution in [0.5, 0.6) is 0 Å². The van der Waals surface area contributed by atoms with E-state index < -0.39 is 10.6 Å². The number of thioether (sulfide) groups is 2. The van der Waals surface area contributed by atoms with E-state index in [2.05, 4.69) is 9.47 Å². The summed E-state index contributed by atoms with van der Waals surface area (Å²) in [4.78, 5) is 21.1. The Morgan fingerprint density at radius 2 is 1.42 bits per heavy atom. The Morgan fingerprint density at radius 3 is 1.67 bits per heavy atom. The lowest BCUT2D eigenvalue weighted by molar-refractivity contribution is 0.200. The lowest BCUT2D eigenvalue weighted by atomic mass is 11.5. The van der Waals surface area contributed by atoms with Crippen LogP contribution in [0.15, 0.2) is 0 Å². The Morgan fingerprint density at radius 1 is 1.08 bits per heavy atom. The zero-order valence-corrected chi connectivity index (χ0v) is 8.08. The number of carbonyl (C=O) groups excluding carboxylic acids is 2. The molecule has 0 saturated heterocycles. The maximum atomic E-state index is 10.5. The minimum Gasteiger partial charge on any atom is -0.461 e. The molecule has 0 aromatic carbocycles. The van der Waals surface area contributed by atoms with Gasteiger partial charge in [-0.2, -0.15) is 0 Å². The summed E-state index contributed by atoms with van der Waals surface area (Å²) in [6.07, 6.45) is 0. The highest BCUT2D eigenvalue weighted by atomic mass is 32.2. The van der Waals surface area contributed by atoms with Crippen molar-refractivity contribution in [3.63, 3.8) is 0 Å². The summed E-state index contributed by atoms with van der Waals surface area (Å²) in [6.45, 7) is 0. The molecular weight excluding hydrogens is 202 g/mol. The number of ether oxygens (including phenoxy) is 2. The highest BCUT2D eigenvalue weighted by molar-refractivity contribution is 8.49. The van der Waals surface area contributed by atoms with E-state index in [4.69, 9.17) is 5.41 Å². The zero-order valence-electron chi connectivity index (χ0n) is 6.45. The highest BCUT2D eigenvalue weighted by Crippen LogP contribution is 2.18. The number of hydrogen-bond donors (Lipinski definition) is 1. The highest BCUT2D eigenvalue weighted by Gasteiger charge is 2.12. The van der Waals surface area contributed by atoms with E-state index >= 15 is 0 Å². The van der Waals surface area contributed by atoms with Crippen molar-refractivity contribution in [1.29, 1.82) is 5.41 Å². The van der Waals surface area contributed by atoms with E-state index in [1.54, 1.807) is 0 Å². The van der Waals surface area contributed by atoms with Crippen molar-refractivity contribution in [2.45, 2.75) is 0 Å². The van der Waals surface area contributed by atoms with Crippen LogP contribution >= 0.6 is 23.5 Å². The molecule has 0 aliphatic carbocycles. The van der Waals surface area contributed by atoms with Crippen molar-refractivity contribution in [1.82, 2.24) is 0 Å². The molecule has 0 saturated carbocycles. The van der Waals surface area contributed by atoms with Crippen LogP contribution in [-0.4, -0.2) is 29.2 Å². The molecule has 0 radical (unpaired) electrons. The van der Waals surface area contributed by atoms with Crippen LogP contribution in [0.2, 0.25) is 0 Å². The zero-order chi connectivity index (χ0) is 9.56. The molecule has 0 spiro atoms. The molecule has 0 atom stereocenters. The SMILES string of the molecule is COC(=O)SC(=N)SC(=O)OC. The van der Waals surface area contributed by atoms with Crippen LogP contribution in [-0.2, 0) is 9.47 Å². The molecule has 1 N–H and O–H groups in total. The number of carbonyl (C=O) groups is 2. The van der Waals surface area contributed by atoms with Crippen molar-refractivity contribution in [2.75, 3.05) is 14.2 Å². The van der Waals surface area contributed by atoms with Crippen molar-refractivity contribution in [3.8, 4) is 0 Å². The maximum Gasteiger partial charge on any atom is 0.373 e. The molecule has 68 valence electrons. The number of nitrogens with one attached hydrogen (secondary N) is 1. The van der Waals surface area contributed by atoms with Crippen molar-refractivity contribution in [2.24, 2.45) is 0 Å². The van der Waals surface area contributed by atoms with Gasteiger partial charge in [0, 0.05) is 23.5 Å². The third kappa shape index (κ3) is 5.03. The fourth-order valence-electron chi connectivity index (χ4n) is 0.256. The summed E-state index contributed by atoms with van der Waals surface area (Å²) < 4.78 is 8.34. The molecular formula is C5H7NO4S2. The lowest BCUT2D eigenvalue weighted by Crippen LogP contribution is -1.99. The Hall–Kier alpha value is -0.690. The maximum absolute atomic E-state index is 10.5. The lowest BCUT2D eigenvalue weighted by Gasteiger charge is -1.98. The van der Waals surface area contributed by atoms with Gasteiger partial charge >= 0.3 is 10.6 Å². The van der Waals surface area contributed by atoms with Crippen molar-refractivity contribution in [3.05, 3.63) is 0 Å². The first-order chi connectivity index (χ1) is 5.60. The molecule has 0 bridgehead atoms. The summed E-state index contributed by atoms with van der Waals surface area (Å²) in [5.41, 5.74) is 0. The summed E-state index contributed by atoms with van der Waals surface area (Å²) in [6, 6.07) is 0. The average molecular weight is 209 g/mol. The first-order valence-electron chi connectivity index (χ1n) is 2.70. The standard InChI is InChI=1S/C5H7NO4S2/c1-9-4(7)11-3(6)12-5(8)10-2/h6H,1-2H3. The Kier molecular flexibility index (Phi) is 5.56. The van der Waals surface area contributed by atoms with Gasteiger partial charge in [0.05, 0.1) is 14.2 Å². The number of methoxy groups -OCH3 is 2. The number of rotatable bonds is 0. The quantitative estimate of drug-likeness (QED) is 0.373. The van der Waals surface area contributed by atoms with E-state index in [1.165, 1.54) is 14.2 Å². The molecule has 0 aliphatic rings. The topological polar surface area (TPSA) is 76.5 Å². The number of hydrogen-bond acceptors (Lipinski definition) is 7. The molecule has 0 aliphatic heterocycles. The van der Waals surface area contributed by atoms with Crippen molar-refractivity contribution >= 4 is 38.5 Å². The minimum absolute atomic E-state index is 0.172. The van der Waals surface area contributed by atoms with Gasteiger partial charge in [0.1, 0.15) is 4.38 Å². The Balaban J connectivity index is 3.74. The van der Waals surface area contributed by atoms with Gasteiger partial charge in [0.25, 0.3) is 0 Å². The van der Waals surface area contributed by atoms with Gasteiger partial charge in [0.2, 0.25) is 0 Å². The summed E-state index contributed by atoms with van der Waals surface area (Å²) >= 11 is 1.06. The first kappa shape index (κ1) is 11.3. The minimum atomic E-state index is -0.628. The molecule has 0 aromatic heterocycles. The fraction of sp³-hybridized carbons (Fsp3) is 0.400. The fourth-order valence-corrected chi connectivity index (χ4v) is 1.30. The monoisotopic (exact) mass is 209 g/mol. The second kappa shape index (κ2) is 5.90. The second-order valence-electron chi connectivity index (χ2n) is 1.40. The predicted molar refractivity (Wildman–Crippen MR) is 47.7 cm³/mol. The van der Waals surface area contributed by atoms with Gasteiger partial charge in [-0.3, -0.25) is 5.41 Å². The molecule has 12 heavy (non-hydrogen) atoms. The van der Waals surface area contributed by atoms with Crippen LogP contribution in [0.25, 0.3) is 0 Å². The van der Waals surface area contributed by atoms with Gasteiger partial charge in [-0.15, -0.1) is 0 Å². The van der Waals surface area contributed by atoms with E-state index in [0.717, 1.165) is 0 Å². The van der Waals surface area contributed by atoms with Crippen LogP contribution < -0.4 is 0 Å². The summed E-state index contributed by atoms with van der Waals surface area (Å²) in [7, 11) is 2.40. The van der Waals surface area contributed by atoms with E-state index in [9.17, 15) is 9.59 Å².